The number of ketones is 1. The highest BCUT2D eigenvalue weighted by molar-refractivity contribution is 5.97. The van der Waals surface area contributed by atoms with E-state index in [4.69, 9.17) is 9.47 Å². The third kappa shape index (κ3) is 2.50. The number of carbonyl (C=O) groups excluding carboxylic acids is 1. The lowest BCUT2D eigenvalue weighted by molar-refractivity contribution is -0.247. The maximum absolute atomic E-state index is 13.2. The molecule has 1 aromatic heterocycles. The molecule has 5 unspecified atom stereocenters. The van der Waals surface area contributed by atoms with Gasteiger partial charge in [0, 0.05) is 44.8 Å². The van der Waals surface area contributed by atoms with Crippen LogP contribution in [0.25, 0.3) is 10.9 Å². The molecule has 1 aromatic carbocycles. The number of hydrogen-bond acceptors (Lipinski definition) is 4. The van der Waals surface area contributed by atoms with Gasteiger partial charge in [-0.25, -0.2) is 0 Å². The van der Waals surface area contributed by atoms with Crippen LogP contribution in [-0.4, -0.2) is 39.0 Å². The first-order valence-electron chi connectivity index (χ1n) is 13.9. The fourth-order valence-corrected chi connectivity index (χ4v) is 9.15. The highest BCUT2D eigenvalue weighted by Crippen LogP contribution is 2.72. The van der Waals surface area contributed by atoms with E-state index in [0.29, 0.717) is 24.3 Å². The van der Waals surface area contributed by atoms with Crippen molar-refractivity contribution >= 4 is 16.7 Å². The van der Waals surface area contributed by atoms with Crippen LogP contribution in [-0.2, 0) is 31.5 Å². The molecule has 7 rings (SSSR count). The van der Waals surface area contributed by atoms with Gasteiger partial charge in [0.15, 0.2) is 17.7 Å². The third-order valence-corrected chi connectivity index (χ3v) is 11.6. The molecule has 5 heteroatoms. The average molecular weight is 502 g/mol. The molecular formula is C32H39NO4. The number of ether oxygens (including phenoxy) is 2. The number of carbonyl (C=O) groups is 1. The maximum atomic E-state index is 13.2. The molecule has 196 valence electrons. The van der Waals surface area contributed by atoms with Crippen LogP contribution in [0.4, 0.5) is 0 Å². The first kappa shape index (κ1) is 23.9. The largest absolute Gasteiger partial charge is 0.385 e. The van der Waals surface area contributed by atoms with Gasteiger partial charge in [0.2, 0.25) is 0 Å². The number of nitrogens with one attached hydrogen (secondary N) is 1. The third-order valence-electron chi connectivity index (χ3n) is 11.6. The molecule has 3 heterocycles. The van der Waals surface area contributed by atoms with Gasteiger partial charge >= 0.3 is 0 Å². The summed E-state index contributed by atoms with van der Waals surface area (Å²) in [5.41, 5.74) is 2.90. The summed E-state index contributed by atoms with van der Waals surface area (Å²) in [5.74, 6) is -0.693. The summed E-state index contributed by atoms with van der Waals surface area (Å²) in [7, 11) is 0. The van der Waals surface area contributed by atoms with Crippen molar-refractivity contribution in [2.75, 3.05) is 0 Å². The standard InChI is InChI=1S/C32H39NO4/c1-8-27(2,3)20-10-9-11-21-24(20)19-16-18-12-13-31(35)23-17-22(34)26-28(4,5)37-32(23,36-26)15-14-29(31,6)30(18,7)25(19)33-21/h8-11,17-18,26,33,35H,1,12-16H2,2-7H3/t18?,26?,29?,30-,31?,32?/m1/s1. The second kappa shape index (κ2) is 6.67. The Labute approximate surface area is 219 Å². The van der Waals surface area contributed by atoms with Crippen molar-refractivity contribution in [3.8, 4) is 0 Å². The Morgan fingerprint density at radius 3 is 2.65 bits per heavy atom. The Kier molecular flexibility index (Phi) is 4.31. The number of fused-ring (bicyclic) bond motifs is 9. The predicted molar refractivity (Wildman–Crippen MR) is 143 cm³/mol. The minimum Gasteiger partial charge on any atom is -0.385 e. The number of aromatic amines is 1. The monoisotopic (exact) mass is 501 g/mol. The first-order chi connectivity index (χ1) is 17.2. The molecule has 2 bridgehead atoms. The van der Waals surface area contributed by atoms with Crippen molar-refractivity contribution in [2.45, 2.75) is 108 Å². The fraction of sp³-hybridized carbons (Fsp3) is 0.594. The van der Waals surface area contributed by atoms with Crippen LogP contribution in [0.5, 0.6) is 0 Å². The van der Waals surface area contributed by atoms with Gasteiger partial charge in [0.05, 0.1) is 5.60 Å². The zero-order chi connectivity index (χ0) is 26.4. The van der Waals surface area contributed by atoms with Crippen LogP contribution in [0.3, 0.4) is 0 Å². The van der Waals surface area contributed by atoms with E-state index in [1.54, 1.807) is 6.08 Å². The molecule has 2 aromatic rings. The first-order valence-corrected chi connectivity index (χ1v) is 13.9. The second-order valence-corrected chi connectivity index (χ2v) is 13.9. The zero-order valence-electron chi connectivity index (χ0n) is 23.0. The lowest BCUT2D eigenvalue weighted by atomic mass is 9.42. The zero-order valence-corrected chi connectivity index (χ0v) is 23.0. The van der Waals surface area contributed by atoms with Gasteiger partial charge in [0.25, 0.3) is 0 Å². The summed E-state index contributed by atoms with van der Waals surface area (Å²) in [6, 6.07) is 6.53. The van der Waals surface area contributed by atoms with Crippen molar-refractivity contribution in [2.24, 2.45) is 11.3 Å². The van der Waals surface area contributed by atoms with E-state index in [0.717, 1.165) is 24.8 Å². The van der Waals surface area contributed by atoms with Crippen LogP contribution in [0.2, 0.25) is 0 Å². The van der Waals surface area contributed by atoms with Gasteiger partial charge in [-0.2, -0.15) is 0 Å². The van der Waals surface area contributed by atoms with Gasteiger partial charge in [0.1, 0.15) is 5.60 Å². The molecule has 1 spiro atoms. The second-order valence-electron chi connectivity index (χ2n) is 13.9. The molecule has 6 atom stereocenters. The fourth-order valence-electron chi connectivity index (χ4n) is 9.15. The van der Waals surface area contributed by atoms with Crippen molar-refractivity contribution < 1.29 is 19.4 Å². The van der Waals surface area contributed by atoms with Gasteiger partial charge in [-0.3, -0.25) is 4.79 Å². The molecule has 3 aliphatic carbocycles. The van der Waals surface area contributed by atoms with Gasteiger partial charge in [-0.1, -0.05) is 45.9 Å². The lowest BCUT2D eigenvalue weighted by Gasteiger charge is -2.65. The number of benzene rings is 1. The van der Waals surface area contributed by atoms with Crippen LogP contribution in [0.15, 0.2) is 42.5 Å². The number of aromatic nitrogens is 1. The summed E-state index contributed by atoms with van der Waals surface area (Å²) in [5, 5.41) is 14.1. The highest BCUT2D eigenvalue weighted by Gasteiger charge is 2.75. The summed E-state index contributed by atoms with van der Waals surface area (Å²) in [6.07, 6.45) is 6.98. The number of hydrogen-bond donors (Lipinski definition) is 2. The number of H-pyrrole nitrogens is 1. The Bertz CT molecular complexity index is 1430. The lowest BCUT2D eigenvalue weighted by Crippen LogP contribution is -2.69. The highest BCUT2D eigenvalue weighted by atomic mass is 16.8. The van der Waals surface area contributed by atoms with Crippen LogP contribution in [0, 0.1) is 11.3 Å². The summed E-state index contributed by atoms with van der Waals surface area (Å²) < 4.78 is 12.9. The van der Waals surface area contributed by atoms with Gasteiger partial charge in [-0.15, -0.1) is 6.58 Å². The number of rotatable bonds is 2. The van der Waals surface area contributed by atoms with E-state index in [1.165, 1.54) is 22.2 Å². The molecule has 2 N–H and O–H groups in total. The van der Waals surface area contributed by atoms with E-state index in [-0.39, 0.29) is 16.6 Å². The maximum Gasteiger partial charge on any atom is 0.195 e. The van der Waals surface area contributed by atoms with Crippen molar-refractivity contribution in [3.05, 3.63) is 59.3 Å². The van der Waals surface area contributed by atoms with E-state index in [2.05, 4.69) is 57.5 Å². The molecule has 2 saturated carbocycles. The molecule has 3 fully saturated rings. The van der Waals surface area contributed by atoms with E-state index in [1.807, 2.05) is 19.9 Å². The van der Waals surface area contributed by atoms with Crippen molar-refractivity contribution in [3.63, 3.8) is 0 Å². The van der Waals surface area contributed by atoms with E-state index in [9.17, 15) is 9.90 Å². The molecule has 37 heavy (non-hydrogen) atoms. The number of aliphatic hydroxyl groups is 1. The van der Waals surface area contributed by atoms with Crippen LogP contribution >= 0.6 is 0 Å². The van der Waals surface area contributed by atoms with Crippen molar-refractivity contribution in [1.29, 1.82) is 0 Å². The Morgan fingerprint density at radius 2 is 1.92 bits per heavy atom. The minimum atomic E-state index is -1.19. The molecular weight excluding hydrogens is 462 g/mol. The van der Waals surface area contributed by atoms with E-state index >= 15 is 0 Å². The summed E-state index contributed by atoms with van der Waals surface area (Å²) in [4.78, 5) is 17.1. The smallest absolute Gasteiger partial charge is 0.195 e. The molecule has 5 nitrogen and oxygen atoms in total. The van der Waals surface area contributed by atoms with Gasteiger partial charge in [-0.05, 0) is 68.7 Å². The Morgan fingerprint density at radius 1 is 1.16 bits per heavy atom. The molecule has 1 saturated heterocycles. The minimum absolute atomic E-state index is 0.0907. The number of allylic oxidation sites excluding steroid dienone is 1. The Hall–Kier alpha value is -2.21. The summed E-state index contributed by atoms with van der Waals surface area (Å²) >= 11 is 0. The SMILES string of the molecule is C=CC(C)(C)c1cccc2[nH]c3c(c12)CC1CCC2(O)C4=CC(=O)C5OC4(CCC2(C)[C@@]31C)OC5(C)C. The predicted octanol–water partition coefficient (Wildman–Crippen LogP) is 5.79. The van der Waals surface area contributed by atoms with Crippen LogP contribution in [0.1, 0.15) is 84.0 Å². The molecule has 0 radical (unpaired) electrons. The van der Waals surface area contributed by atoms with Gasteiger partial charge < -0.3 is 19.6 Å². The quantitative estimate of drug-likeness (QED) is 0.511. The summed E-state index contributed by atoms with van der Waals surface area (Å²) in [6.45, 7) is 17.0. The van der Waals surface area contributed by atoms with E-state index < -0.39 is 28.5 Å². The topological polar surface area (TPSA) is 71.5 Å². The normalized spacial score (nSPS) is 41.6. The molecule has 5 aliphatic rings. The molecule has 2 aliphatic heterocycles. The molecule has 0 amide bonds. The average Bonchev–Trinajstić information content (AvgIpc) is 3.43. The van der Waals surface area contributed by atoms with Crippen molar-refractivity contribution in [1.82, 2.24) is 4.98 Å². The van der Waals surface area contributed by atoms with Crippen LogP contribution < -0.4 is 0 Å². The Balaban J connectivity index is 1.43.